The van der Waals surface area contributed by atoms with Crippen molar-refractivity contribution < 1.29 is 24.3 Å². The van der Waals surface area contributed by atoms with Gasteiger partial charge in [0, 0.05) is 6.42 Å². The van der Waals surface area contributed by atoms with Crippen LogP contribution in [0, 0.1) is 11.8 Å². The third-order valence-corrected chi connectivity index (χ3v) is 3.61. The van der Waals surface area contributed by atoms with Crippen LogP contribution in [-0.2, 0) is 19.2 Å². The molecule has 0 aliphatic carbocycles. The molecule has 0 saturated carbocycles. The molecule has 25 heavy (non-hydrogen) atoms. The van der Waals surface area contributed by atoms with Crippen molar-refractivity contribution in [1.29, 1.82) is 0 Å². The molecule has 3 amide bonds. The van der Waals surface area contributed by atoms with Crippen molar-refractivity contribution in [2.45, 2.75) is 65.1 Å². The summed E-state index contributed by atoms with van der Waals surface area (Å²) >= 11 is 0. The SMILES string of the molecule is CC(C)C[C@H](NC(=O)[C@@H](NC(=O)[C@@H](N)CCC(N)=O)C(C)C)C(=O)O. The van der Waals surface area contributed by atoms with Crippen molar-refractivity contribution in [2.75, 3.05) is 0 Å². The predicted molar refractivity (Wildman–Crippen MR) is 92.2 cm³/mol. The van der Waals surface area contributed by atoms with Gasteiger partial charge < -0.3 is 27.2 Å². The monoisotopic (exact) mass is 358 g/mol. The highest BCUT2D eigenvalue weighted by Crippen LogP contribution is 2.08. The lowest BCUT2D eigenvalue weighted by atomic mass is 10.00. The highest BCUT2D eigenvalue weighted by Gasteiger charge is 2.30. The van der Waals surface area contributed by atoms with Crippen molar-refractivity contribution >= 4 is 23.7 Å². The van der Waals surface area contributed by atoms with E-state index in [9.17, 15) is 24.3 Å². The number of carbonyl (C=O) groups excluding carboxylic acids is 3. The van der Waals surface area contributed by atoms with E-state index in [1.165, 1.54) is 0 Å². The zero-order valence-electron chi connectivity index (χ0n) is 15.2. The van der Waals surface area contributed by atoms with E-state index >= 15 is 0 Å². The standard InChI is InChI=1S/C16H30N4O5/c1-8(2)7-11(16(24)25)19-15(23)13(9(3)4)20-14(22)10(17)5-6-12(18)21/h8-11,13H,5-7,17H2,1-4H3,(H2,18,21)(H,19,23)(H,20,22)(H,24,25)/t10-,11-,13-/m0/s1. The summed E-state index contributed by atoms with van der Waals surface area (Å²) in [5.41, 5.74) is 10.7. The number of amides is 3. The first-order valence-corrected chi connectivity index (χ1v) is 8.33. The van der Waals surface area contributed by atoms with E-state index in [1.54, 1.807) is 13.8 Å². The van der Waals surface area contributed by atoms with Crippen molar-refractivity contribution in [3.05, 3.63) is 0 Å². The average molecular weight is 358 g/mol. The lowest BCUT2D eigenvalue weighted by Crippen LogP contribution is -2.56. The number of carbonyl (C=O) groups is 4. The Morgan fingerprint density at radius 3 is 1.96 bits per heavy atom. The lowest BCUT2D eigenvalue weighted by molar-refractivity contribution is -0.143. The number of hydrogen-bond donors (Lipinski definition) is 5. The molecule has 0 aliphatic rings. The van der Waals surface area contributed by atoms with Crippen LogP contribution in [0.5, 0.6) is 0 Å². The summed E-state index contributed by atoms with van der Waals surface area (Å²) in [6.45, 7) is 7.14. The van der Waals surface area contributed by atoms with Gasteiger partial charge in [0.25, 0.3) is 0 Å². The van der Waals surface area contributed by atoms with Gasteiger partial charge in [-0.25, -0.2) is 4.79 Å². The van der Waals surface area contributed by atoms with Crippen LogP contribution in [0.1, 0.15) is 47.0 Å². The normalized spacial score (nSPS) is 14.7. The first-order valence-electron chi connectivity index (χ1n) is 8.33. The molecule has 0 unspecified atom stereocenters. The van der Waals surface area contributed by atoms with E-state index in [-0.39, 0.29) is 31.1 Å². The number of rotatable bonds is 11. The fourth-order valence-electron chi connectivity index (χ4n) is 2.18. The molecule has 0 fully saturated rings. The fraction of sp³-hybridized carbons (Fsp3) is 0.750. The van der Waals surface area contributed by atoms with E-state index in [1.807, 2.05) is 13.8 Å². The molecule has 0 aromatic rings. The second-order valence-corrected chi connectivity index (χ2v) is 6.87. The Labute approximate surface area is 147 Å². The predicted octanol–water partition coefficient (Wildman–Crippen LogP) is -0.664. The maximum absolute atomic E-state index is 12.4. The number of carboxylic acids is 1. The minimum absolute atomic E-state index is 0.0391. The van der Waals surface area contributed by atoms with E-state index in [0.717, 1.165) is 0 Å². The summed E-state index contributed by atoms with van der Waals surface area (Å²) in [4.78, 5) is 46.5. The zero-order chi connectivity index (χ0) is 19.7. The molecule has 9 nitrogen and oxygen atoms in total. The van der Waals surface area contributed by atoms with Crippen LogP contribution < -0.4 is 22.1 Å². The summed E-state index contributed by atoms with van der Waals surface area (Å²) in [5, 5.41) is 14.2. The second-order valence-electron chi connectivity index (χ2n) is 6.87. The summed E-state index contributed by atoms with van der Waals surface area (Å²) in [6.07, 6.45) is 0.305. The Morgan fingerprint density at radius 2 is 1.56 bits per heavy atom. The topological polar surface area (TPSA) is 165 Å². The van der Waals surface area contributed by atoms with Gasteiger partial charge in [-0.3, -0.25) is 14.4 Å². The van der Waals surface area contributed by atoms with Gasteiger partial charge in [0.1, 0.15) is 12.1 Å². The minimum Gasteiger partial charge on any atom is -0.480 e. The molecule has 3 atom stereocenters. The van der Waals surface area contributed by atoms with Crippen LogP contribution in [0.3, 0.4) is 0 Å². The molecule has 0 radical (unpaired) electrons. The molecule has 0 aliphatic heterocycles. The first-order chi connectivity index (χ1) is 11.5. The highest BCUT2D eigenvalue weighted by atomic mass is 16.4. The van der Waals surface area contributed by atoms with Crippen molar-refractivity contribution in [1.82, 2.24) is 10.6 Å². The van der Waals surface area contributed by atoms with E-state index < -0.39 is 41.8 Å². The van der Waals surface area contributed by atoms with Gasteiger partial charge in [0.15, 0.2) is 0 Å². The number of nitrogens with two attached hydrogens (primary N) is 2. The Hall–Kier alpha value is -2.16. The molecule has 0 aromatic carbocycles. The van der Waals surface area contributed by atoms with Crippen LogP contribution in [0.25, 0.3) is 0 Å². The van der Waals surface area contributed by atoms with Gasteiger partial charge >= 0.3 is 5.97 Å². The maximum atomic E-state index is 12.4. The molecular formula is C16H30N4O5. The molecule has 0 rings (SSSR count). The van der Waals surface area contributed by atoms with Crippen molar-refractivity contribution in [3.63, 3.8) is 0 Å². The van der Waals surface area contributed by atoms with Crippen LogP contribution in [0.4, 0.5) is 0 Å². The van der Waals surface area contributed by atoms with Crippen LogP contribution in [0.15, 0.2) is 0 Å². The number of primary amides is 1. The Balaban J connectivity index is 4.91. The molecule has 0 heterocycles. The maximum Gasteiger partial charge on any atom is 0.326 e. The van der Waals surface area contributed by atoms with Gasteiger partial charge in [-0.15, -0.1) is 0 Å². The lowest BCUT2D eigenvalue weighted by Gasteiger charge is -2.25. The third kappa shape index (κ3) is 9.04. The molecule has 0 bridgehead atoms. The Bertz CT molecular complexity index is 493. The van der Waals surface area contributed by atoms with E-state index in [0.29, 0.717) is 0 Å². The molecule has 0 spiro atoms. The largest absolute Gasteiger partial charge is 0.480 e. The zero-order valence-corrected chi connectivity index (χ0v) is 15.2. The molecule has 144 valence electrons. The van der Waals surface area contributed by atoms with Crippen LogP contribution >= 0.6 is 0 Å². The Kier molecular flexibility index (Phi) is 9.73. The third-order valence-electron chi connectivity index (χ3n) is 3.61. The van der Waals surface area contributed by atoms with Gasteiger partial charge in [-0.2, -0.15) is 0 Å². The van der Waals surface area contributed by atoms with Gasteiger partial charge in [0.2, 0.25) is 17.7 Å². The minimum atomic E-state index is -1.13. The number of nitrogens with one attached hydrogen (secondary N) is 2. The Morgan fingerprint density at radius 1 is 1.00 bits per heavy atom. The van der Waals surface area contributed by atoms with E-state index in [2.05, 4.69) is 10.6 Å². The fourth-order valence-corrected chi connectivity index (χ4v) is 2.18. The van der Waals surface area contributed by atoms with E-state index in [4.69, 9.17) is 11.5 Å². The summed E-state index contributed by atoms with van der Waals surface area (Å²) in [7, 11) is 0. The molecular weight excluding hydrogens is 328 g/mol. The van der Waals surface area contributed by atoms with Gasteiger partial charge in [-0.1, -0.05) is 27.7 Å². The van der Waals surface area contributed by atoms with Crippen LogP contribution in [-0.4, -0.2) is 46.9 Å². The molecule has 0 saturated heterocycles. The number of carboxylic acid groups (broad SMARTS) is 1. The molecule has 7 N–H and O–H groups in total. The smallest absolute Gasteiger partial charge is 0.326 e. The first kappa shape index (κ1) is 22.8. The summed E-state index contributed by atoms with van der Waals surface area (Å²) in [5.74, 6) is -3.07. The molecule has 9 heteroatoms. The number of aliphatic carboxylic acids is 1. The molecule has 0 aromatic heterocycles. The highest BCUT2D eigenvalue weighted by molar-refractivity contribution is 5.92. The summed E-state index contributed by atoms with van der Waals surface area (Å²) < 4.78 is 0. The van der Waals surface area contributed by atoms with Gasteiger partial charge in [-0.05, 0) is 24.7 Å². The quantitative estimate of drug-likeness (QED) is 0.329. The van der Waals surface area contributed by atoms with Crippen molar-refractivity contribution in [2.24, 2.45) is 23.3 Å². The summed E-state index contributed by atoms with van der Waals surface area (Å²) in [6, 6.07) is -2.94. The van der Waals surface area contributed by atoms with Gasteiger partial charge in [0.05, 0.1) is 6.04 Å². The van der Waals surface area contributed by atoms with Crippen LogP contribution in [0.2, 0.25) is 0 Å². The second kappa shape index (κ2) is 10.7. The van der Waals surface area contributed by atoms with Crippen molar-refractivity contribution in [3.8, 4) is 0 Å². The average Bonchev–Trinajstić information content (AvgIpc) is 2.47. The number of hydrogen-bond acceptors (Lipinski definition) is 5.